The van der Waals surface area contributed by atoms with Gasteiger partial charge in [0, 0.05) is 17.9 Å². The van der Waals surface area contributed by atoms with Gasteiger partial charge >= 0.3 is 12.1 Å². The third kappa shape index (κ3) is 3.68. The van der Waals surface area contributed by atoms with Gasteiger partial charge in [-0.25, -0.2) is 9.59 Å². The predicted molar refractivity (Wildman–Crippen MR) is 115 cm³/mol. The number of hydrogen-bond acceptors (Lipinski definition) is 7. The molecular weight excluding hydrogens is 416 g/mol. The van der Waals surface area contributed by atoms with E-state index in [2.05, 4.69) is 16.0 Å². The second-order valence-electron chi connectivity index (χ2n) is 9.60. The number of nitrogens with zero attached hydrogens (tertiary/aromatic N) is 1. The fourth-order valence-corrected chi connectivity index (χ4v) is 4.95. The lowest BCUT2D eigenvalue weighted by Crippen LogP contribution is -2.75. The average Bonchev–Trinajstić information content (AvgIpc) is 2.63. The first-order chi connectivity index (χ1) is 14.9. The smallest absolute Gasteiger partial charge is 0.412 e. The monoisotopic (exact) mass is 444 g/mol. The molecule has 1 spiro atoms. The molecule has 3 atom stereocenters. The quantitative estimate of drug-likeness (QED) is 0.565. The van der Waals surface area contributed by atoms with Gasteiger partial charge in [-0.15, -0.1) is 0 Å². The number of barbiturate groups is 1. The zero-order chi connectivity index (χ0) is 23.4. The van der Waals surface area contributed by atoms with Crippen molar-refractivity contribution in [1.82, 2.24) is 10.6 Å². The minimum absolute atomic E-state index is 0.0559. The molecule has 2 fully saturated rings. The number of amides is 5. The number of nitrogens with one attached hydrogen (secondary N) is 3. The normalized spacial score (nSPS) is 26.6. The Kier molecular flexibility index (Phi) is 5.15. The van der Waals surface area contributed by atoms with Crippen LogP contribution in [0.3, 0.4) is 0 Å². The Morgan fingerprint density at radius 1 is 1.19 bits per heavy atom. The summed E-state index contributed by atoms with van der Waals surface area (Å²) in [6.45, 7) is 9.53. The Balaban J connectivity index is 1.75. The Labute approximate surface area is 186 Å². The summed E-state index contributed by atoms with van der Waals surface area (Å²) in [6.07, 6.45) is -1.11. The lowest BCUT2D eigenvalue weighted by molar-refractivity contribution is -0.153. The molecule has 5 amide bonds. The molecule has 10 nitrogen and oxygen atoms in total. The highest BCUT2D eigenvalue weighted by atomic mass is 16.6. The summed E-state index contributed by atoms with van der Waals surface area (Å²) in [5, 5.41) is 7.21. The largest absolute Gasteiger partial charge is 0.444 e. The molecule has 3 heterocycles. The molecule has 3 aliphatic heterocycles. The molecule has 32 heavy (non-hydrogen) atoms. The first-order valence-corrected chi connectivity index (χ1v) is 10.6. The highest BCUT2D eigenvalue weighted by Gasteiger charge is 2.62. The van der Waals surface area contributed by atoms with E-state index in [4.69, 9.17) is 9.47 Å². The number of morpholine rings is 1. The number of imide groups is 2. The summed E-state index contributed by atoms with van der Waals surface area (Å²) < 4.78 is 11.3. The van der Waals surface area contributed by atoms with Gasteiger partial charge in [0.1, 0.15) is 5.60 Å². The van der Waals surface area contributed by atoms with Crippen molar-refractivity contribution in [3.8, 4) is 0 Å². The topological polar surface area (TPSA) is 126 Å². The van der Waals surface area contributed by atoms with E-state index >= 15 is 0 Å². The second kappa shape index (κ2) is 7.47. The molecule has 1 aromatic rings. The van der Waals surface area contributed by atoms with Gasteiger partial charge in [0.25, 0.3) is 0 Å². The van der Waals surface area contributed by atoms with Crippen LogP contribution < -0.4 is 20.9 Å². The van der Waals surface area contributed by atoms with Crippen LogP contribution in [0.15, 0.2) is 18.2 Å². The molecule has 0 radical (unpaired) electrons. The predicted octanol–water partition coefficient (Wildman–Crippen LogP) is 1.92. The molecule has 3 unspecified atom stereocenters. The van der Waals surface area contributed by atoms with E-state index in [-0.39, 0.29) is 12.5 Å². The standard InChI is InChI=1S/C22H28N4O6/c1-11-10-26-15-7-6-14(23-20(30)32-21(3,4)5)8-13(15)9-22(16(26)12(2)31-11)17(27)24-19(29)25-18(22)28/h6-8,11-12,16H,9-10H2,1-5H3,(H,23,30)(H2,24,25,27,28,29). The second-order valence-corrected chi connectivity index (χ2v) is 9.60. The first-order valence-electron chi connectivity index (χ1n) is 10.6. The number of carbonyl (C=O) groups excluding carboxylic acids is 4. The molecule has 0 saturated carbocycles. The van der Waals surface area contributed by atoms with E-state index in [1.807, 2.05) is 24.8 Å². The van der Waals surface area contributed by atoms with E-state index in [1.54, 1.807) is 32.9 Å². The third-order valence-corrected chi connectivity index (χ3v) is 5.95. The van der Waals surface area contributed by atoms with Gasteiger partial charge in [-0.2, -0.15) is 0 Å². The number of fused-ring (bicyclic) bond motifs is 4. The Hall–Kier alpha value is -3.14. The molecule has 172 valence electrons. The van der Waals surface area contributed by atoms with Gasteiger partial charge in [0.05, 0.1) is 18.2 Å². The molecule has 0 aromatic heterocycles. The highest BCUT2D eigenvalue weighted by Crippen LogP contribution is 2.47. The maximum absolute atomic E-state index is 13.1. The summed E-state index contributed by atoms with van der Waals surface area (Å²) in [7, 11) is 0. The van der Waals surface area contributed by atoms with Crippen molar-refractivity contribution in [1.29, 1.82) is 0 Å². The van der Waals surface area contributed by atoms with E-state index in [0.717, 1.165) is 5.69 Å². The molecule has 3 N–H and O–H groups in total. The lowest BCUT2D eigenvalue weighted by Gasteiger charge is -2.55. The van der Waals surface area contributed by atoms with Gasteiger partial charge in [-0.3, -0.25) is 25.5 Å². The maximum Gasteiger partial charge on any atom is 0.412 e. The third-order valence-electron chi connectivity index (χ3n) is 5.95. The van der Waals surface area contributed by atoms with Crippen LogP contribution in [0.4, 0.5) is 21.0 Å². The number of anilines is 2. The molecule has 4 rings (SSSR count). The Morgan fingerprint density at radius 3 is 2.47 bits per heavy atom. The molecular formula is C22H28N4O6. The number of urea groups is 1. The van der Waals surface area contributed by atoms with E-state index in [1.165, 1.54) is 0 Å². The number of carbonyl (C=O) groups is 4. The SMILES string of the molecule is CC1CN2c3ccc(NC(=O)OC(C)(C)C)cc3CC3(C(=O)NC(=O)NC3=O)C2C(C)O1. The van der Waals surface area contributed by atoms with Gasteiger partial charge in [-0.05, 0) is 64.8 Å². The van der Waals surface area contributed by atoms with Crippen molar-refractivity contribution < 1.29 is 28.7 Å². The highest BCUT2D eigenvalue weighted by molar-refractivity contribution is 6.20. The lowest BCUT2D eigenvalue weighted by atomic mass is 9.66. The van der Waals surface area contributed by atoms with E-state index in [0.29, 0.717) is 17.8 Å². The van der Waals surface area contributed by atoms with Crippen LogP contribution in [0.25, 0.3) is 0 Å². The van der Waals surface area contributed by atoms with Crippen LogP contribution >= 0.6 is 0 Å². The zero-order valence-electron chi connectivity index (χ0n) is 18.8. The van der Waals surface area contributed by atoms with Crippen molar-refractivity contribution in [2.75, 3.05) is 16.8 Å². The maximum atomic E-state index is 13.1. The van der Waals surface area contributed by atoms with Gasteiger partial charge in [-0.1, -0.05) is 0 Å². The first kappa shape index (κ1) is 22.1. The summed E-state index contributed by atoms with van der Waals surface area (Å²) in [4.78, 5) is 52.3. The summed E-state index contributed by atoms with van der Waals surface area (Å²) in [6, 6.07) is 3.92. The molecule has 2 saturated heterocycles. The van der Waals surface area contributed by atoms with Crippen LogP contribution in [0.2, 0.25) is 0 Å². The molecule has 1 aromatic carbocycles. The van der Waals surface area contributed by atoms with Crippen LogP contribution in [-0.4, -0.2) is 54.3 Å². The van der Waals surface area contributed by atoms with Gasteiger partial charge in [0.2, 0.25) is 11.8 Å². The number of ether oxygens (including phenoxy) is 2. The van der Waals surface area contributed by atoms with Crippen molar-refractivity contribution >= 4 is 35.3 Å². The van der Waals surface area contributed by atoms with Crippen LogP contribution in [0.5, 0.6) is 0 Å². The van der Waals surface area contributed by atoms with Crippen LogP contribution in [0.1, 0.15) is 40.2 Å². The van der Waals surface area contributed by atoms with E-state index < -0.39 is 47.1 Å². The van der Waals surface area contributed by atoms with E-state index in [9.17, 15) is 19.2 Å². The number of benzene rings is 1. The van der Waals surface area contributed by atoms with Gasteiger partial charge in [0.15, 0.2) is 5.41 Å². The summed E-state index contributed by atoms with van der Waals surface area (Å²) in [5.74, 6) is -1.30. The van der Waals surface area contributed by atoms with Crippen LogP contribution in [-0.2, 0) is 25.5 Å². The zero-order valence-corrected chi connectivity index (χ0v) is 18.8. The van der Waals surface area contributed by atoms with Crippen molar-refractivity contribution in [2.45, 2.75) is 64.9 Å². The van der Waals surface area contributed by atoms with Crippen molar-refractivity contribution in [2.24, 2.45) is 5.41 Å². The Morgan fingerprint density at radius 2 is 1.84 bits per heavy atom. The van der Waals surface area contributed by atoms with Gasteiger partial charge < -0.3 is 14.4 Å². The minimum Gasteiger partial charge on any atom is -0.444 e. The molecule has 3 aliphatic rings. The summed E-state index contributed by atoms with van der Waals surface area (Å²) in [5.41, 5.74) is -0.162. The Bertz CT molecular complexity index is 981. The van der Waals surface area contributed by atoms with Crippen LogP contribution in [0, 0.1) is 5.41 Å². The fourth-order valence-electron chi connectivity index (χ4n) is 4.95. The fraction of sp³-hybridized carbons (Fsp3) is 0.545. The minimum atomic E-state index is -1.55. The van der Waals surface area contributed by atoms with Crippen molar-refractivity contribution in [3.63, 3.8) is 0 Å². The molecule has 10 heteroatoms. The number of rotatable bonds is 1. The summed E-state index contributed by atoms with van der Waals surface area (Å²) >= 11 is 0. The molecule has 0 aliphatic carbocycles. The molecule has 0 bridgehead atoms. The number of hydrogen-bond donors (Lipinski definition) is 3. The average molecular weight is 444 g/mol. The van der Waals surface area contributed by atoms with Crippen molar-refractivity contribution in [3.05, 3.63) is 23.8 Å².